The van der Waals surface area contributed by atoms with Crippen molar-refractivity contribution in [3.05, 3.63) is 23.8 Å². The molecule has 4 N–H and O–H groups in total. The van der Waals surface area contributed by atoms with Crippen molar-refractivity contribution in [2.24, 2.45) is 0 Å². The van der Waals surface area contributed by atoms with E-state index in [0.29, 0.717) is 12.1 Å². The molecule has 1 aromatic rings. The van der Waals surface area contributed by atoms with Gasteiger partial charge in [0.25, 0.3) is 0 Å². The van der Waals surface area contributed by atoms with E-state index in [9.17, 15) is 8.78 Å². The molecule has 0 saturated carbocycles. The lowest BCUT2D eigenvalue weighted by atomic mass is 9.80. The van der Waals surface area contributed by atoms with Crippen molar-refractivity contribution < 1.29 is 18.8 Å². The van der Waals surface area contributed by atoms with Crippen LogP contribution in [0.25, 0.3) is 0 Å². The van der Waals surface area contributed by atoms with E-state index in [0.717, 1.165) is 0 Å². The minimum atomic E-state index is -2.03. The molecule has 0 amide bonds. The predicted octanol–water partition coefficient (Wildman–Crippen LogP) is -0.351. The van der Waals surface area contributed by atoms with Crippen LogP contribution in [0, 0.1) is 11.6 Å². The normalized spacial score (nSPS) is 9.23. The topological polar surface area (TPSA) is 66.5 Å². The third kappa shape index (κ3) is 2.55. The monoisotopic (exact) mass is 209 g/mol. The van der Waals surface area contributed by atoms with E-state index in [-0.39, 0.29) is 18.1 Å². The van der Waals surface area contributed by atoms with Gasteiger partial charge in [-0.1, -0.05) is 0 Å². The Hall–Kier alpha value is -0.845. The largest absolute Gasteiger partial charge is 0.491 e. The van der Waals surface area contributed by atoms with E-state index in [4.69, 9.17) is 15.8 Å². The maximum atomic E-state index is 12.7. The Bertz CT molecular complexity index is 311. The lowest BCUT2D eigenvalue weighted by Gasteiger charge is -2.03. The Kier molecular flexibility index (Phi) is 4.12. The average Bonchev–Trinajstić information content (AvgIpc) is 1.96. The van der Waals surface area contributed by atoms with Crippen LogP contribution in [0.15, 0.2) is 12.1 Å². The number of benzene rings is 1. The quantitative estimate of drug-likeness (QED) is 0.437. The molecular formula is C6H7BClF2NO2. The minimum Gasteiger partial charge on any atom is -0.423 e. The highest BCUT2D eigenvalue weighted by Crippen LogP contribution is 2.09. The van der Waals surface area contributed by atoms with Crippen LogP contribution in [0.5, 0.6) is 0 Å². The fraction of sp³-hybridized carbons (Fsp3) is 0. The molecule has 1 aromatic carbocycles. The summed E-state index contributed by atoms with van der Waals surface area (Å²) in [6.45, 7) is 0. The number of halogens is 3. The van der Waals surface area contributed by atoms with Gasteiger partial charge in [0, 0.05) is 5.46 Å². The van der Waals surface area contributed by atoms with E-state index >= 15 is 0 Å². The van der Waals surface area contributed by atoms with Gasteiger partial charge in [-0.15, -0.1) is 12.4 Å². The first-order valence-electron chi connectivity index (χ1n) is 3.13. The van der Waals surface area contributed by atoms with E-state index in [2.05, 4.69) is 0 Å². The van der Waals surface area contributed by atoms with Crippen molar-refractivity contribution >= 4 is 30.7 Å². The van der Waals surface area contributed by atoms with Gasteiger partial charge in [-0.2, -0.15) is 0 Å². The van der Waals surface area contributed by atoms with Crippen LogP contribution >= 0.6 is 12.4 Å². The molecule has 3 nitrogen and oxygen atoms in total. The summed E-state index contributed by atoms with van der Waals surface area (Å²) >= 11 is 0. The lowest BCUT2D eigenvalue weighted by Crippen LogP contribution is -2.33. The summed E-state index contributed by atoms with van der Waals surface area (Å²) < 4.78 is 25.3. The summed E-state index contributed by atoms with van der Waals surface area (Å²) in [5, 5.41) is 17.1. The van der Waals surface area contributed by atoms with Crippen LogP contribution in [0.3, 0.4) is 0 Å². The smallest absolute Gasteiger partial charge is 0.423 e. The molecule has 0 aliphatic heterocycles. The fourth-order valence-corrected chi connectivity index (χ4v) is 0.775. The molecular weight excluding hydrogens is 202 g/mol. The number of nitrogens with two attached hydrogens (primary N) is 1. The van der Waals surface area contributed by atoms with Crippen molar-refractivity contribution in [1.29, 1.82) is 0 Å². The second-order valence-electron chi connectivity index (χ2n) is 2.27. The van der Waals surface area contributed by atoms with Crippen LogP contribution in [-0.2, 0) is 0 Å². The van der Waals surface area contributed by atoms with Gasteiger partial charge in [-0.05, 0) is 12.1 Å². The highest BCUT2D eigenvalue weighted by molar-refractivity contribution is 6.58. The maximum absolute atomic E-state index is 12.7. The molecule has 1 rings (SSSR count). The standard InChI is InChI=1S/C6H6BF2NO2.ClH/c8-4-2-6(10)5(9)1-3(4)7(11)12;/h1-2,11-12H,10H2;1H. The average molecular weight is 209 g/mol. The molecule has 7 heteroatoms. The molecule has 0 radical (unpaired) electrons. The van der Waals surface area contributed by atoms with Crippen LogP contribution in [-0.4, -0.2) is 17.2 Å². The van der Waals surface area contributed by atoms with Crippen molar-refractivity contribution in [3.63, 3.8) is 0 Å². The summed E-state index contributed by atoms with van der Waals surface area (Å²) in [6.07, 6.45) is 0. The van der Waals surface area contributed by atoms with Gasteiger partial charge < -0.3 is 15.8 Å². The first-order chi connectivity index (χ1) is 5.52. The Morgan fingerprint density at radius 1 is 1.15 bits per heavy atom. The maximum Gasteiger partial charge on any atom is 0.491 e. The van der Waals surface area contributed by atoms with Gasteiger partial charge in [0.15, 0.2) is 0 Å². The molecule has 0 fully saturated rings. The fourth-order valence-electron chi connectivity index (χ4n) is 0.775. The molecule has 0 aliphatic rings. The molecule has 0 unspecified atom stereocenters. The Morgan fingerprint density at radius 2 is 1.69 bits per heavy atom. The molecule has 0 bridgehead atoms. The number of hydrogen-bond acceptors (Lipinski definition) is 3. The zero-order valence-electron chi connectivity index (χ0n) is 6.37. The van der Waals surface area contributed by atoms with E-state index in [1.807, 2.05) is 0 Å². The summed E-state index contributed by atoms with van der Waals surface area (Å²) in [7, 11) is -2.03. The van der Waals surface area contributed by atoms with Crippen LogP contribution in [0.1, 0.15) is 0 Å². The van der Waals surface area contributed by atoms with Gasteiger partial charge in [0.2, 0.25) is 0 Å². The highest BCUT2D eigenvalue weighted by atomic mass is 35.5. The van der Waals surface area contributed by atoms with Crippen LogP contribution in [0.2, 0.25) is 0 Å². The van der Waals surface area contributed by atoms with Gasteiger partial charge in [-0.25, -0.2) is 8.78 Å². The Morgan fingerprint density at radius 3 is 2.15 bits per heavy atom. The first kappa shape index (κ1) is 12.2. The summed E-state index contributed by atoms with van der Waals surface area (Å²) in [4.78, 5) is 0. The number of nitrogen functional groups attached to an aromatic ring is 1. The summed E-state index contributed by atoms with van der Waals surface area (Å²) in [6, 6.07) is 1.35. The van der Waals surface area contributed by atoms with Gasteiger partial charge in [-0.3, -0.25) is 0 Å². The highest BCUT2D eigenvalue weighted by Gasteiger charge is 2.18. The Balaban J connectivity index is 0.00000144. The van der Waals surface area contributed by atoms with Crippen LogP contribution < -0.4 is 11.2 Å². The van der Waals surface area contributed by atoms with Crippen molar-refractivity contribution in [2.45, 2.75) is 0 Å². The van der Waals surface area contributed by atoms with Crippen LogP contribution in [0.4, 0.5) is 14.5 Å². The molecule has 0 atom stereocenters. The molecule has 0 aliphatic carbocycles. The number of anilines is 1. The first-order valence-corrected chi connectivity index (χ1v) is 3.13. The second kappa shape index (κ2) is 4.41. The zero-order chi connectivity index (χ0) is 9.30. The minimum absolute atomic E-state index is 0. The zero-order valence-corrected chi connectivity index (χ0v) is 7.18. The number of hydrogen-bond donors (Lipinski definition) is 3. The van der Waals surface area contributed by atoms with Gasteiger partial charge >= 0.3 is 7.12 Å². The SMILES string of the molecule is Cl.Nc1cc(F)c(B(O)O)cc1F. The third-order valence-corrected chi connectivity index (χ3v) is 1.39. The molecule has 0 spiro atoms. The predicted molar refractivity (Wildman–Crippen MR) is 47.8 cm³/mol. The third-order valence-electron chi connectivity index (χ3n) is 1.39. The molecule has 0 saturated heterocycles. The van der Waals surface area contributed by atoms with Gasteiger partial charge in [0.05, 0.1) is 5.69 Å². The Labute approximate surface area is 79.7 Å². The van der Waals surface area contributed by atoms with E-state index < -0.39 is 24.2 Å². The number of rotatable bonds is 1. The molecule has 0 heterocycles. The van der Waals surface area contributed by atoms with E-state index in [1.165, 1.54) is 0 Å². The van der Waals surface area contributed by atoms with Crippen molar-refractivity contribution in [3.8, 4) is 0 Å². The van der Waals surface area contributed by atoms with Gasteiger partial charge in [0.1, 0.15) is 11.6 Å². The lowest BCUT2D eigenvalue weighted by molar-refractivity contribution is 0.422. The van der Waals surface area contributed by atoms with Crippen molar-refractivity contribution in [2.75, 3.05) is 5.73 Å². The molecule has 13 heavy (non-hydrogen) atoms. The summed E-state index contributed by atoms with van der Waals surface area (Å²) in [5.41, 5.74) is 4.12. The van der Waals surface area contributed by atoms with Crippen molar-refractivity contribution in [1.82, 2.24) is 0 Å². The molecule has 0 aromatic heterocycles. The second-order valence-corrected chi connectivity index (χ2v) is 2.27. The van der Waals surface area contributed by atoms with E-state index in [1.54, 1.807) is 0 Å². The molecule has 72 valence electrons. The summed E-state index contributed by atoms with van der Waals surface area (Å²) in [5.74, 6) is -1.82.